The Balaban J connectivity index is 1.42. The van der Waals surface area contributed by atoms with Crippen LogP contribution in [0.2, 0.25) is 0 Å². The predicted octanol–water partition coefficient (Wildman–Crippen LogP) is 2.66. The summed E-state index contributed by atoms with van der Waals surface area (Å²) in [5.74, 6) is 1.01. The van der Waals surface area contributed by atoms with E-state index in [0.29, 0.717) is 35.9 Å². The summed E-state index contributed by atoms with van der Waals surface area (Å²) >= 11 is 0. The summed E-state index contributed by atoms with van der Waals surface area (Å²) in [5.41, 5.74) is 1.97. The molecule has 0 unspecified atom stereocenters. The SMILES string of the molecule is CC(=O)c1ccc(C(=O)NCCNc2ccc(Nc3ccncc3)nn2)cc1. The smallest absolute Gasteiger partial charge is 0.251 e. The summed E-state index contributed by atoms with van der Waals surface area (Å²) in [6.07, 6.45) is 3.38. The molecule has 8 nitrogen and oxygen atoms in total. The van der Waals surface area contributed by atoms with Gasteiger partial charge in [0.1, 0.15) is 5.82 Å². The fraction of sp³-hybridized carbons (Fsp3) is 0.150. The number of ketones is 1. The largest absolute Gasteiger partial charge is 0.367 e. The van der Waals surface area contributed by atoms with Crippen molar-refractivity contribution in [1.29, 1.82) is 0 Å². The number of rotatable bonds is 8. The molecule has 0 atom stereocenters. The van der Waals surface area contributed by atoms with Gasteiger partial charge in [0.2, 0.25) is 0 Å². The monoisotopic (exact) mass is 376 g/mol. The number of Topliss-reactive ketones (excluding diaryl/α,β-unsaturated/α-hetero) is 1. The molecule has 0 spiro atoms. The van der Waals surface area contributed by atoms with Crippen molar-refractivity contribution in [1.82, 2.24) is 20.5 Å². The average molecular weight is 376 g/mol. The summed E-state index contributed by atoms with van der Waals surface area (Å²) in [5, 5.41) is 17.2. The normalized spacial score (nSPS) is 10.2. The van der Waals surface area contributed by atoms with Crippen LogP contribution in [0.1, 0.15) is 27.6 Å². The lowest BCUT2D eigenvalue weighted by Crippen LogP contribution is -2.28. The summed E-state index contributed by atoms with van der Waals surface area (Å²) < 4.78 is 0. The van der Waals surface area contributed by atoms with E-state index in [0.717, 1.165) is 5.69 Å². The number of nitrogens with one attached hydrogen (secondary N) is 3. The first-order valence-corrected chi connectivity index (χ1v) is 8.76. The maximum Gasteiger partial charge on any atom is 0.251 e. The molecule has 0 saturated heterocycles. The number of aromatic nitrogens is 3. The Morgan fingerprint density at radius 2 is 1.46 bits per heavy atom. The van der Waals surface area contributed by atoms with Crippen LogP contribution < -0.4 is 16.0 Å². The maximum absolute atomic E-state index is 12.1. The number of pyridine rings is 1. The van der Waals surface area contributed by atoms with Crippen LogP contribution in [-0.2, 0) is 0 Å². The zero-order valence-corrected chi connectivity index (χ0v) is 15.3. The Bertz CT molecular complexity index is 927. The Labute approximate surface area is 162 Å². The lowest BCUT2D eigenvalue weighted by molar-refractivity contribution is 0.0953. The second-order valence-electron chi connectivity index (χ2n) is 5.98. The summed E-state index contributed by atoms with van der Waals surface area (Å²) in [4.78, 5) is 27.3. The second kappa shape index (κ2) is 9.22. The van der Waals surface area contributed by atoms with Gasteiger partial charge < -0.3 is 16.0 Å². The maximum atomic E-state index is 12.1. The van der Waals surface area contributed by atoms with Crippen LogP contribution in [-0.4, -0.2) is 40.0 Å². The zero-order valence-electron chi connectivity index (χ0n) is 15.3. The molecule has 3 aromatic rings. The Kier molecular flexibility index (Phi) is 6.25. The number of amides is 1. The van der Waals surface area contributed by atoms with Crippen molar-refractivity contribution in [3.63, 3.8) is 0 Å². The molecule has 0 aliphatic rings. The standard InChI is InChI=1S/C20H20N6O2/c1-14(27)15-2-4-16(5-3-15)20(28)23-13-12-22-18-6-7-19(26-25-18)24-17-8-10-21-11-9-17/h2-11H,12-13H2,1H3,(H,22,25)(H,23,28)(H,21,24,26). The van der Waals surface area contributed by atoms with Crippen molar-refractivity contribution < 1.29 is 9.59 Å². The molecule has 142 valence electrons. The van der Waals surface area contributed by atoms with E-state index in [1.807, 2.05) is 18.2 Å². The van der Waals surface area contributed by atoms with Crippen LogP contribution in [0.25, 0.3) is 0 Å². The van der Waals surface area contributed by atoms with E-state index >= 15 is 0 Å². The Hall–Kier alpha value is -3.81. The highest BCUT2D eigenvalue weighted by molar-refractivity contribution is 5.97. The number of benzene rings is 1. The molecule has 2 aromatic heterocycles. The van der Waals surface area contributed by atoms with Crippen LogP contribution in [0.15, 0.2) is 60.9 Å². The van der Waals surface area contributed by atoms with Crippen LogP contribution >= 0.6 is 0 Å². The van der Waals surface area contributed by atoms with Crippen LogP contribution in [0, 0.1) is 0 Å². The van der Waals surface area contributed by atoms with Gasteiger partial charge in [-0.3, -0.25) is 14.6 Å². The molecule has 2 heterocycles. The quantitative estimate of drug-likeness (QED) is 0.410. The number of nitrogens with zero attached hydrogens (tertiary/aromatic N) is 3. The van der Waals surface area contributed by atoms with Gasteiger partial charge in [-0.2, -0.15) is 0 Å². The number of hydrogen-bond acceptors (Lipinski definition) is 7. The van der Waals surface area contributed by atoms with Crippen LogP contribution in [0.4, 0.5) is 17.3 Å². The molecule has 0 bridgehead atoms. The zero-order chi connectivity index (χ0) is 19.8. The van der Waals surface area contributed by atoms with Crippen molar-refractivity contribution in [3.05, 3.63) is 72.1 Å². The Morgan fingerprint density at radius 3 is 2.11 bits per heavy atom. The van der Waals surface area contributed by atoms with Gasteiger partial charge in [0.15, 0.2) is 11.6 Å². The molecule has 1 amide bonds. The first kappa shape index (κ1) is 19.0. The molecule has 0 aliphatic carbocycles. The van der Waals surface area contributed by atoms with Gasteiger partial charge in [0.25, 0.3) is 5.91 Å². The van der Waals surface area contributed by atoms with E-state index in [-0.39, 0.29) is 11.7 Å². The molecule has 0 saturated carbocycles. The molecule has 0 fully saturated rings. The lowest BCUT2D eigenvalue weighted by Gasteiger charge is -2.08. The summed E-state index contributed by atoms with van der Waals surface area (Å²) in [6.45, 7) is 2.42. The topological polar surface area (TPSA) is 109 Å². The van der Waals surface area contributed by atoms with E-state index < -0.39 is 0 Å². The third-order valence-corrected chi connectivity index (χ3v) is 3.89. The van der Waals surface area contributed by atoms with Gasteiger partial charge in [-0.05, 0) is 43.3 Å². The summed E-state index contributed by atoms with van der Waals surface area (Å²) in [7, 11) is 0. The van der Waals surface area contributed by atoms with E-state index in [2.05, 4.69) is 31.1 Å². The molecule has 0 radical (unpaired) electrons. The van der Waals surface area contributed by atoms with E-state index in [4.69, 9.17) is 0 Å². The third-order valence-electron chi connectivity index (χ3n) is 3.89. The summed E-state index contributed by atoms with van der Waals surface area (Å²) in [6, 6.07) is 13.9. The minimum atomic E-state index is -0.195. The minimum absolute atomic E-state index is 0.0285. The van der Waals surface area contributed by atoms with Crippen molar-refractivity contribution in [2.24, 2.45) is 0 Å². The molecule has 3 N–H and O–H groups in total. The van der Waals surface area contributed by atoms with Crippen LogP contribution in [0.5, 0.6) is 0 Å². The molecule has 8 heteroatoms. The van der Waals surface area contributed by atoms with E-state index in [1.165, 1.54) is 6.92 Å². The molecule has 28 heavy (non-hydrogen) atoms. The van der Waals surface area contributed by atoms with Gasteiger partial charge in [-0.15, -0.1) is 10.2 Å². The number of carbonyl (C=O) groups is 2. The van der Waals surface area contributed by atoms with E-state index in [9.17, 15) is 9.59 Å². The highest BCUT2D eigenvalue weighted by atomic mass is 16.1. The van der Waals surface area contributed by atoms with Gasteiger partial charge in [-0.25, -0.2) is 0 Å². The van der Waals surface area contributed by atoms with E-state index in [1.54, 1.807) is 42.7 Å². The van der Waals surface area contributed by atoms with Gasteiger partial charge in [0, 0.05) is 42.3 Å². The fourth-order valence-corrected chi connectivity index (χ4v) is 2.40. The van der Waals surface area contributed by atoms with Crippen molar-refractivity contribution in [3.8, 4) is 0 Å². The first-order valence-electron chi connectivity index (χ1n) is 8.76. The van der Waals surface area contributed by atoms with Crippen LogP contribution in [0.3, 0.4) is 0 Å². The minimum Gasteiger partial charge on any atom is -0.367 e. The number of hydrogen-bond donors (Lipinski definition) is 3. The van der Waals surface area contributed by atoms with Crippen molar-refractivity contribution >= 4 is 29.0 Å². The molecular weight excluding hydrogens is 356 g/mol. The average Bonchev–Trinajstić information content (AvgIpc) is 2.73. The second-order valence-corrected chi connectivity index (χ2v) is 5.98. The molecule has 1 aromatic carbocycles. The van der Waals surface area contributed by atoms with Crippen molar-refractivity contribution in [2.45, 2.75) is 6.92 Å². The third kappa shape index (κ3) is 5.34. The van der Waals surface area contributed by atoms with Gasteiger partial charge in [0.05, 0.1) is 0 Å². The van der Waals surface area contributed by atoms with Gasteiger partial charge in [-0.1, -0.05) is 12.1 Å². The highest BCUT2D eigenvalue weighted by Crippen LogP contribution is 2.13. The van der Waals surface area contributed by atoms with Crippen molar-refractivity contribution in [2.75, 3.05) is 23.7 Å². The molecule has 0 aliphatic heterocycles. The first-order chi connectivity index (χ1) is 13.6. The number of carbonyl (C=O) groups excluding carboxylic acids is 2. The highest BCUT2D eigenvalue weighted by Gasteiger charge is 2.06. The van der Waals surface area contributed by atoms with Gasteiger partial charge >= 0.3 is 0 Å². The lowest BCUT2D eigenvalue weighted by atomic mass is 10.1. The fourth-order valence-electron chi connectivity index (χ4n) is 2.40. The molecular formula is C20H20N6O2. The molecule has 3 rings (SSSR count). The Morgan fingerprint density at radius 1 is 0.821 bits per heavy atom. The number of anilines is 3. The predicted molar refractivity (Wildman–Crippen MR) is 107 cm³/mol.